The molecule has 1 aliphatic rings. The monoisotopic (exact) mass is 184 g/mol. The summed E-state index contributed by atoms with van der Waals surface area (Å²) in [6.07, 6.45) is 5.39. The molecule has 76 valence electrons. The standard InChI is InChI=1S/C10H20N2O/c1-9(2)3-8-12-13-10-4-6-11-7-5-10/h8-11H,3-7H2,1-2H3/b12-8+. The first kappa shape index (κ1) is 10.5. The van der Waals surface area contributed by atoms with Crippen molar-refractivity contribution in [2.24, 2.45) is 11.1 Å². The molecule has 1 rings (SSSR count). The smallest absolute Gasteiger partial charge is 0.130 e. The van der Waals surface area contributed by atoms with Gasteiger partial charge in [-0.3, -0.25) is 0 Å². The van der Waals surface area contributed by atoms with Crippen LogP contribution in [-0.4, -0.2) is 25.4 Å². The fourth-order valence-corrected chi connectivity index (χ4v) is 1.28. The number of rotatable bonds is 4. The van der Waals surface area contributed by atoms with Gasteiger partial charge >= 0.3 is 0 Å². The van der Waals surface area contributed by atoms with Crippen LogP contribution < -0.4 is 5.32 Å². The maximum Gasteiger partial charge on any atom is 0.130 e. The minimum absolute atomic E-state index is 0.338. The molecule has 1 saturated heterocycles. The van der Waals surface area contributed by atoms with Crippen molar-refractivity contribution in [1.29, 1.82) is 0 Å². The molecule has 0 aromatic heterocycles. The molecule has 0 amide bonds. The minimum Gasteiger partial charge on any atom is -0.393 e. The lowest BCUT2D eigenvalue weighted by Crippen LogP contribution is -2.31. The number of piperidine rings is 1. The van der Waals surface area contributed by atoms with E-state index in [4.69, 9.17) is 4.84 Å². The highest BCUT2D eigenvalue weighted by atomic mass is 16.6. The van der Waals surface area contributed by atoms with Crippen molar-refractivity contribution < 1.29 is 4.84 Å². The van der Waals surface area contributed by atoms with Crippen molar-refractivity contribution in [1.82, 2.24) is 5.32 Å². The van der Waals surface area contributed by atoms with Gasteiger partial charge in [0.15, 0.2) is 0 Å². The summed E-state index contributed by atoms with van der Waals surface area (Å²) in [6.45, 7) is 6.47. The molecule has 1 fully saturated rings. The second-order valence-electron chi connectivity index (χ2n) is 3.97. The molecule has 3 heteroatoms. The highest BCUT2D eigenvalue weighted by molar-refractivity contribution is 5.56. The Morgan fingerprint density at radius 1 is 1.46 bits per heavy atom. The molecular weight excluding hydrogens is 164 g/mol. The molecule has 0 unspecified atom stereocenters. The topological polar surface area (TPSA) is 33.6 Å². The molecule has 0 saturated carbocycles. The highest BCUT2D eigenvalue weighted by Crippen LogP contribution is 2.07. The zero-order valence-corrected chi connectivity index (χ0v) is 8.62. The lowest BCUT2D eigenvalue weighted by Gasteiger charge is -2.20. The van der Waals surface area contributed by atoms with E-state index in [1.807, 2.05) is 6.21 Å². The van der Waals surface area contributed by atoms with Gasteiger partial charge in [-0.2, -0.15) is 0 Å². The molecule has 0 aromatic carbocycles. The first-order chi connectivity index (χ1) is 6.29. The fraction of sp³-hybridized carbons (Fsp3) is 0.900. The second-order valence-corrected chi connectivity index (χ2v) is 3.97. The van der Waals surface area contributed by atoms with Gasteiger partial charge in [0, 0.05) is 6.21 Å². The van der Waals surface area contributed by atoms with Crippen LogP contribution in [-0.2, 0) is 4.84 Å². The fourth-order valence-electron chi connectivity index (χ4n) is 1.28. The lowest BCUT2D eigenvalue weighted by atomic mass is 10.1. The molecule has 0 spiro atoms. The van der Waals surface area contributed by atoms with Crippen LogP contribution in [0.4, 0.5) is 0 Å². The maximum atomic E-state index is 5.36. The Morgan fingerprint density at radius 2 is 2.15 bits per heavy atom. The first-order valence-corrected chi connectivity index (χ1v) is 5.17. The lowest BCUT2D eigenvalue weighted by molar-refractivity contribution is 0.0382. The predicted molar refractivity (Wildman–Crippen MR) is 54.9 cm³/mol. The van der Waals surface area contributed by atoms with E-state index < -0.39 is 0 Å². The van der Waals surface area contributed by atoms with Crippen molar-refractivity contribution in [3.63, 3.8) is 0 Å². The van der Waals surface area contributed by atoms with Gasteiger partial charge in [0.2, 0.25) is 0 Å². The van der Waals surface area contributed by atoms with Gasteiger partial charge in [-0.05, 0) is 38.3 Å². The van der Waals surface area contributed by atoms with E-state index in [9.17, 15) is 0 Å². The van der Waals surface area contributed by atoms with E-state index >= 15 is 0 Å². The third-order valence-electron chi connectivity index (χ3n) is 2.15. The third kappa shape index (κ3) is 4.88. The number of hydrogen-bond donors (Lipinski definition) is 1. The summed E-state index contributed by atoms with van der Waals surface area (Å²) in [6, 6.07) is 0. The Balaban J connectivity index is 2.06. The molecule has 1 heterocycles. The average Bonchev–Trinajstić information content (AvgIpc) is 2.14. The minimum atomic E-state index is 0.338. The van der Waals surface area contributed by atoms with Gasteiger partial charge in [0.25, 0.3) is 0 Å². The number of oxime groups is 1. The predicted octanol–water partition coefficient (Wildman–Crippen LogP) is 1.79. The highest BCUT2D eigenvalue weighted by Gasteiger charge is 2.12. The largest absolute Gasteiger partial charge is 0.393 e. The van der Waals surface area contributed by atoms with Gasteiger partial charge in [-0.15, -0.1) is 0 Å². The summed E-state index contributed by atoms with van der Waals surface area (Å²) < 4.78 is 0. The molecule has 0 aliphatic carbocycles. The van der Waals surface area contributed by atoms with Crippen LogP contribution in [0.15, 0.2) is 5.16 Å². The van der Waals surface area contributed by atoms with Crippen LogP contribution in [0.1, 0.15) is 33.1 Å². The Bertz CT molecular complexity index is 151. The Morgan fingerprint density at radius 3 is 2.77 bits per heavy atom. The Labute approximate surface area is 80.5 Å². The zero-order valence-electron chi connectivity index (χ0n) is 8.62. The van der Waals surface area contributed by atoms with Crippen molar-refractivity contribution in [2.45, 2.75) is 39.2 Å². The third-order valence-corrected chi connectivity index (χ3v) is 2.15. The molecule has 1 N–H and O–H groups in total. The Kier molecular flexibility index (Phi) is 4.83. The summed E-state index contributed by atoms with van der Waals surface area (Å²) >= 11 is 0. The van der Waals surface area contributed by atoms with E-state index in [0.29, 0.717) is 12.0 Å². The summed E-state index contributed by atoms with van der Waals surface area (Å²) in [7, 11) is 0. The molecule has 0 atom stereocenters. The summed E-state index contributed by atoms with van der Waals surface area (Å²) in [5.74, 6) is 0.667. The quantitative estimate of drug-likeness (QED) is 0.534. The van der Waals surface area contributed by atoms with E-state index in [1.165, 1.54) is 0 Å². The second kappa shape index (κ2) is 5.97. The molecule has 3 nitrogen and oxygen atoms in total. The summed E-state index contributed by atoms with van der Waals surface area (Å²) in [5, 5.41) is 7.27. The molecule has 0 aromatic rings. The number of nitrogens with one attached hydrogen (secondary N) is 1. The van der Waals surface area contributed by atoms with Crippen LogP contribution in [0.5, 0.6) is 0 Å². The van der Waals surface area contributed by atoms with E-state index in [0.717, 1.165) is 32.4 Å². The van der Waals surface area contributed by atoms with Crippen LogP contribution in [0, 0.1) is 5.92 Å². The van der Waals surface area contributed by atoms with Crippen molar-refractivity contribution in [3.8, 4) is 0 Å². The van der Waals surface area contributed by atoms with Gasteiger partial charge in [0.05, 0.1) is 0 Å². The average molecular weight is 184 g/mol. The van der Waals surface area contributed by atoms with Crippen LogP contribution in [0.25, 0.3) is 0 Å². The van der Waals surface area contributed by atoms with Crippen molar-refractivity contribution >= 4 is 6.21 Å². The van der Waals surface area contributed by atoms with Crippen LogP contribution >= 0.6 is 0 Å². The maximum absolute atomic E-state index is 5.36. The van der Waals surface area contributed by atoms with Gasteiger partial charge in [0.1, 0.15) is 6.10 Å². The number of hydrogen-bond acceptors (Lipinski definition) is 3. The number of nitrogens with zero attached hydrogens (tertiary/aromatic N) is 1. The van der Waals surface area contributed by atoms with E-state index in [-0.39, 0.29) is 0 Å². The molecule has 1 aliphatic heterocycles. The molecule has 13 heavy (non-hydrogen) atoms. The van der Waals surface area contributed by atoms with E-state index in [1.54, 1.807) is 0 Å². The zero-order chi connectivity index (χ0) is 9.52. The normalized spacial score (nSPS) is 19.9. The molecule has 0 radical (unpaired) electrons. The first-order valence-electron chi connectivity index (χ1n) is 5.17. The van der Waals surface area contributed by atoms with Crippen LogP contribution in [0.3, 0.4) is 0 Å². The SMILES string of the molecule is CC(C)C/C=N/OC1CCNCC1. The van der Waals surface area contributed by atoms with Gasteiger partial charge in [-0.25, -0.2) is 0 Å². The molecular formula is C10H20N2O. The van der Waals surface area contributed by atoms with Gasteiger partial charge in [-0.1, -0.05) is 19.0 Å². The van der Waals surface area contributed by atoms with Gasteiger partial charge < -0.3 is 10.2 Å². The van der Waals surface area contributed by atoms with E-state index in [2.05, 4.69) is 24.3 Å². The Hall–Kier alpha value is -0.570. The summed E-state index contributed by atoms with van der Waals surface area (Å²) in [4.78, 5) is 5.36. The molecule has 0 bridgehead atoms. The summed E-state index contributed by atoms with van der Waals surface area (Å²) in [5.41, 5.74) is 0. The van der Waals surface area contributed by atoms with Crippen molar-refractivity contribution in [2.75, 3.05) is 13.1 Å². The van der Waals surface area contributed by atoms with Crippen LogP contribution in [0.2, 0.25) is 0 Å². The van der Waals surface area contributed by atoms with Crippen molar-refractivity contribution in [3.05, 3.63) is 0 Å².